The molecule has 0 saturated carbocycles. The van der Waals surface area contributed by atoms with Gasteiger partial charge in [-0.05, 0) is 35.4 Å². The van der Waals surface area contributed by atoms with E-state index in [4.69, 9.17) is 11.6 Å². The fraction of sp³-hybridized carbons (Fsp3) is 0.0769. The molecular weight excluding hydrogens is 308 g/mol. The number of nitrogens with one attached hydrogen (secondary N) is 1. The fourth-order valence-electron chi connectivity index (χ4n) is 2.18. The Labute approximate surface area is 129 Å². The molecule has 0 spiro atoms. The number of hydrogen-bond donors (Lipinski definition) is 1. The van der Waals surface area contributed by atoms with Crippen LogP contribution in [0.1, 0.15) is 5.69 Å². The van der Waals surface area contributed by atoms with Gasteiger partial charge in [0.2, 0.25) is 5.82 Å². The number of hydrogen-bond acceptors (Lipinski definition) is 6. The third-order valence-corrected chi connectivity index (χ3v) is 3.48. The maximum absolute atomic E-state index is 11.1. The van der Waals surface area contributed by atoms with Crippen molar-refractivity contribution in [3.05, 3.63) is 51.3 Å². The van der Waals surface area contributed by atoms with Gasteiger partial charge in [0.05, 0.1) is 10.5 Å². The molecule has 3 rings (SSSR count). The predicted molar refractivity (Wildman–Crippen MR) is 79.2 cm³/mol. The van der Waals surface area contributed by atoms with Crippen LogP contribution in [0.25, 0.3) is 22.5 Å². The van der Waals surface area contributed by atoms with E-state index in [9.17, 15) is 10.1 Å². The van der Waals surface area contributed by atoms with E-state index >= 15 is 0 Å². The van der Waals surface area contributed by atoms with Crippen molar-refractivity contribution in [3.8, 4) is 22.5 Å². The van der Waals surface area contributed by atoms with Gasteiger partial charge in [-0.1, -0.05) is 17.7 Å². The zero-order valence-electron chi connectivity index (χ0n) is 11.3. The lowest BCUT2D eigenvalue weighted by Gasteiger charge is -2.09. The Morgan fingerprint density at radius 3 is 2.82 bits per heavy atom. The summed E-state index contributed by atoms with van der Waals surface area (Å²) < 4.78 is 0. The van der Waals surface area contributed by atoms with Crippen molar-refractivity contribution >= 4 is 17.3 Å². The number of pyridine rings is 1. The van der Waals surface area contributed by atoms with Gasteiger partial charge in [0, 0.05) is 18.0 Å². The van der Waals surface area contributed by atoms with Crippen LogP contribution in [0, 0.1) is 17.0 Å². The zero-order valence-corrected chi connectivity index (χ0v) is 12.1. The number of rotatable bonds is 3. The van der Waals surface area contributed by atoms with E-state index in [0.717, 1.165) is 0 Å². The van der Waals surface area contributed by atoms with E-state index in [-0.39, 0.29) is 10.7 Å². The number of nitro benzene ring substituents is 1. The quantitative estimate of drug-likeness (QED) is 0.587. The van der Waals surface area contributed by atoms with Crippen LogP contribution >= 0.6 is 11.6 Å². The number of tetrazole rings is 1. The SMILES string of the molecule is Cc1nccc(-c2ccc(Cl)c([N+](=O)[O-])c2)c1-c1nn[nH]n1. The summed E-state index contributed by atoms with van der Waals surface area (Å²) in [6, 6.07) is 6.35. The molecule has 1 N–H and O–H groups in total. The smallest absolute Gasteiger partial charge is 0.261 e. The van der Waals surface area contributed by atoms with Gasteiger partial charge in [-0.25, -0.2) is 0 Å². The van der Waals surface area contributed by atoms with Crippen molar-refractivity contribution in [1.29, 1.82) is 0 Å². The minimum Gasteiger partial charge on any atom is -0.261 e. The number of nitro groups is 1. The van der Waals surface area contributed by atoms with E-state index in [1.165, 1.54) is 12.1 Å². The first kappa shape index (κ1) is 14.1. The molecule has 3 aromatic rings. The minimum atomic E-state index is -0.520. The minimum absolute atomic E-state index is 0.0839. The van der Waals surface area contributed by atoms with E-state index in [1.54, 1.807) is 25.3 Å². The van der Waals surface area contributed by atoms with Crippen LogP contribution in [0.2, 0.25) is 5.02 Å². The Morgan fingerprint density at radius 1 is 1.32 bits per heavy atom. The monoisotopic (exact) mass is 316 g/mol. The highest BCUT2D eigenvalue weighted by Crippen LogP contribution is 2.35. The first-order valence-corrected chi connectivity index (χ1v) is 6.59. The lowest BCUT2D eigenvalue weighted by Crippen LogP contribution is -1.95. The number of nitrogens with zero attached hydrogens (tertiary/aromatic N) is 5. The second-order valence-corrected chi connectivity index (χ2v) is 4.88. The van der Waals surface area contributed by atoms with Gasteiger partial charge in [0.25, 0.3) is 5.69 Å². The van der Waals surface area contributed by atoms with E-state index in [2.05, 4.69) is 25.6 Å². The lowest BCUT2D eigenvalue weighted by atomic mass is 9.98. The Kier molecular flexibility index (Phi) is 3.51. The van der Waals surface area contributed by atoms with Gasteiger partial charge in [0.1, 0.15) is 5.02 Å². The van der Waals surface area contributed by atoms with Crippen molar-refractivity contribution in [3.63, 3.8) is 0 Å². The third kappa shape index (κ3) is 2.40. The lowest BCUT2D eigenvalue weighted by molar-refractivity contribution is -0.384. The number of benzene rings is 1. The third-order valence-electron chi connectivity index (χ3n) is 3.16. The molecule has 22 heavy (non-hydrogen) atoms. The summed E-state index contributed by atoms with van der Waals surface area (Å²) in [5.74, 6) is 0.373. The van der Waals surface area contributed by atoms with Crippen LogP contribution in [-0.4, -0.2) is 30.5 Å². The summed E-state index contributed by atoms with van der Waals surface area (Å²) in [5.41, 5.74) is 2.53. The van der Waals surface area contributed by atoms with Crippen molar-refractivity contribution in [2.24, 2.45) is 0 Å². The van der Waals surface area contributed by atoms with Gasteiger partial charge >= 0.3 is 0 Å². The highest BCUT2D eigenvalue weighted by atomic mass is 35.5. The van der Waals surface area contributed by atoms with Gasteiger partial charge in [-0.3, -0.25) is 15.1 Å². The number of H-pyrrole nitrogens is 1. The molecule has 0 atom stereocenters. The molecule has 0 amide bonds. The summed E-state index contributed by atoms with van der Waals surface area (Å²) in [6.45, 7) is 1.81. The molecule has 0 radical (unpaired) electrons. The zero-order chi connectivity index (χ0) is 15.7. The summed E-state index contributed by atoms with van der Waals surface area (Å²) >= 11 is 5.86. The van der Waals surface area contributed by atoms with Crippen molar-refractivity contribution in [2.75, 3.05) is 0 Å². The van der Waals surface area contributed by atoms with Crippen LogP contribution in [-0.2, 0) is 0 Å². The molecule has 0 fully saturated rings. The Balaban J connectivity index is 2.24. The van der Waals surface area contributed by atoms with Crippen LogP contribution in [0.4, 0.5) is 5.69 Å². The van der Waals surface area contributed by atoms with Crippen molar-refractivity contribution in [1.82, 2.24) is 25.6 Å². The molecule has 0 bridgehead atoms. The van der Waals surface area contributed by atoms with Crippen molar-refractivity contribution in [2.45, 2.75) is 6.92 Å². The molecule has 0 unspecified atom stereocenters. The van der Waals surface area contributed by atoms with E-state index in [1.807, 2.05) is 0 Å². The number of aromatic amines is 1. The maximum atomic E-state index is 11.1. The van der Waals surface area contributed by atoms with Crippen LogP contribution in [0.5, 0.6) is 0 Å². The second kappa shape index (κ2) is 5.49. The van der Waals surface area contributed by atoms with Crippen molar-refractivity contribution < 1.29 is 4.92 Å². The average Bonchev–Trinajstić information content (AvgIpc) is 3.01. The number of aromatic nitrogens is 5. The molecule has 2 aromatic heterocycles. The molecule has 0 aliphatic carbocycles. The Hall–Kier alpha value is -2.87. The molecule has 110 valence electrons. The molecule has 0 aliphatic rings. The van der Waals surface area contributed by atoms with Crippen LogP contribution in [0.15, 0.2) is 30.5 Å². The standard InChI is InChI=1S/C13H9ClN6O2/c1-7-12(13-16-18-19-17-13)9(4-5-15-7)8-2-3-10(14)11(6-8)20(21)22/h2-6H,1H3,(H,16,17,18,19). The topological polar surface area (TPSA) is 110 Å². The molecule has 0 aliphatic heterocycles. The summed E-state index contributed by atoms with van der Waals surface area (Å²) in [5, 5.41) is 25.0. The first-order chi connectivity index (χ1) is 10.6. The highest BCUT2D eigenvalue weighted by Gasteiger charge is 2.18. The predicted octanol–water partition coefficient (Wildman–Crippen LogP) is 2.80. The highest BCUT2D eigenvalue weighted by molar-refractivity contribution is 6.32. The maximum Gasteiger partial charge on any atom is 0.288 e. The number of aryl methyl sites for hydroxylation is 1. The average molecular weight is 317 g/mol. The molecule has 0 saturated heterocycles. The second-order valence-electron chi connectivity index (χ2n) is 4.48. The van der Waals surface area contributed by atoms with Gasteiger partial charge in [0.15, 0.2) is 0 Å². The molecule has 1 aromatic carbocycles. The summed E-state index contributed by atoms with van der Waals surface area (Å²) in [6.07, 6.45) is 1.62. The number of halogens is 1. The fourth-order valence-corrected chi connectivity index (χ4v) is 2.36. The molecule has 9 heteroatoms. The largest absolute Gasteiger partial charge is 0.288 e. The summed E-state index contributed by atoms with van der Waals surface area (Å²) in [4.78, 5) is 14.7. The van der Waals surface area contributed by atoms with Crippen LogP contribution < -0.4 is 0 Å². The van der Waals surface area contributed by atoms with E-state index in [0.29, 0.717) is 28.2 Å². The molecular formula is C13H9ClN6O2. The van der Waals surface area contributed by atoms with Gasteiger partial charge in [-0.2, -0.15) is 5.21 Å². The van der Waals surface area contributed by atoms with Gasteiger partial charge in [-0.15, -0.1) is 10.2 Å². The molecule has 2 heterocycles. The summed E-state index contributed by atoms with van der Waals surface area (Å²) in [7, 11) is 0. The normalized spacial score (nSPS) is 10.6. The van der Waals surface area contributed by atoms with Crippen LogP contribution in [0.3, 0.4) is 0 Å². The Morgan fingerprint density at radius 2 is 2.14 bits per heavy atom. The first-order valence-electron chi connectivity index (χ1n) is 6.21. The van der Waals surface area contributed by atoms with Gasteiger partial charge < -0.3 is 0 Å². The Bertz CT molecular complexity index is 850. The van der Waals surface area contributed by atoms with E-state index < -0.39 is 4.92 Å². The molecule has 8 nitrogen and oxygen atoms in total.